The van der Waals surface area contributed by atoms with Crippen molar-refractivity contribution >= 4 is 5.97 Å². The van der Waals surface area contributed by atoms with Crippen molar-refractivity contribution in [3.8, 4) is 11.4 Å². The van der Waals surface area contributed by atoms with Crippen LogP contribution in [0.25, 0.3) is 5.69 Å². The maximum absolute atomic E-state index is 12.8. The molecule has 0 unspecified atom stereocenters. The van der Waals surface area contributed by atoms with Crippen LogP contribution in [-0.4, -0.2) is 46.4 Å². The summed E-state index contributed by atoms with van der Waals surface area (Å²) in [7, 11) is 1.18. The molecule has 0 aliphatic rings. The summed E-state index contributed by atoms with van der Waals surface area (Å²) in [4.78, 5) is 23.8. The average molecular weight is 377 g/mol. The topological polar surface area (TPSA) is 75.3 Å². The smallest absolute Gasteiger partial charge is 0.351 e. The highest BCUT2D eigenvalue weighted by Crippen LogP contribution is 2.24. The van der Waals surface area contributed by atoms with E-state index in [2.05, 4.69) is 14.6 Å². The van der Waals surface area contributed by atoms with E-state index in [0.29, 0.717) is 5.69 Å². The van der Waals surface area contributed by atoms with E-state index in [-0.39, 0.29) is 5.75 Å². The first-order valence-corrected chi connectivity index (χ1v) is 7.30. The van der Waals surface area contributed by atoms with Gasteiger partial charge in [0.15, 0.2) is 12.6 Å². The summed E-state index contributed by atoms with van der Waals surface area (Å²) in [6.07, 6.45) is -2.66. The molecule has 0 aliphatic carbocycles. The Kier molecular flexibility index (Phi) is 5.68. The Bertz CT molecular complexity index is 817. The summed E-state index contributed by atoms with van der Waals surface area (Å²) in [5, 5.41) is 3.82. The van der Waals surface area contributed by atoms with Crippen molar-refractivity contribution < 1.29 is 31.8 Å². The summed E-state index contributed by atoms with van der Waals surface area (Å²) in [5.74, 6) is -4.99. The molecular weight excluding hydrogens is 362 g/mol. The van der Waals surface area contributed by atoms with Gasteiger partial charge in [0.1, 0.15) is 12.1 Å². The molecule has 142 valence electrons. The second kappa shape index (κ2) is 7.58. The highest BCUT2D eigenvalue weighted by Gasteiger charge is 2.41. The number of benzene rings is 1. The van der Waals surface area contributed by atoms with Crippen molar-refractivity contribution in [2.75, 3.05) is 13.7 Å². The third kappa shape index (κ3) is 4.03. The molecule has 1 atom stereocenters. The molecule has 0 bridgehead atoms. The molecule has 26 heavy (non-hydrogen) atoms. The number of carbonyl (C=O) groups excluding carboxylic acids is 1. The number of methoxy groups -OCH3 is 1. The van der Waals surface area contributed by atoms with E-state index in [1.807, 2.05) is 0 Å². The minimum absolute atomic E-state index is 0.0718. The van der Waals surface area contributed by atoms with Gasteiger partial charge in [-0.25, -0.2) is 22.9 Å². The Morgan fingerprint density at radius 3 is 2.42 bits per heavy atom. The van der Waals surface area contributed by atoms with E-state index in [1.165, 1.54) is 44.6 Å². The van der Waals surface area contributed by atoms with Crippen LogP contribution in [0.5, 0.6) is 5.75 Å². The fourth-order valence-electron chi connectivity index (χ4n) is 1.98. The molecule has 0 saturated carbocycles. The van der Waals surface area contributed by atoms with Gasteiger partial charge in [-0.15, -0.1) is 0 Å². The first-order chi connectivity index (χ1) is 12.2. The zero-order valence-corrected chi connectivity index (χ0v) is 13.7. The van der Waals surface area contributed by atoms with Crippen LogP contribution in [0.4, 0.5) is 17.6 Å². The lowest BCUT2D eigenvalue weighted by atomic mass is 10.3. The molecule has 11 heteroatoms. The Morgan fingerprint density at radius 2 is 1.88 bits per heavy atom. The Labute approximate surface area is 144 Å². The van der Waals surface area contributed by atoms with Crippen molar-refractivity contribution in [3.05, 3.63) is 41.1 Å². The number of halogens is 4. The fourth-order valence-corrected chi connectivity index (χ4v) is 1.98. The number of hydrogen-bond acceptors (Lipinski definition) is 5. The van der Waals surface area contributed by atoms with E-state index in [0.717, 1.165) is 9.25 Å². The SMILES string of the molecule is COC(=O)[C@@H](C)n1ncn(-c2ccc(OCC(F)(F)C(F)F)cc2)c1=O. The summed E-state index contributed by atoms with van der Waals surface area (Å²) in [5.41, 5.74) is -0.313. The van der Waals surface area contributed by atoms with Gasteiger partial charge in [0.2, 0.25) is 0 Å². The predicted octanol–water partition coefficient (Wildman–Crippen LogP) is 2.05. The predicted molar refractivity (Wildman–Crippen MR) is 81.0 cm³/mol. The molecule has 0 fully saturated rings. The van der Waals surface area contributed by atoms with Gasteiger partial charge in [0, 0.05) is 0 Å². The van der Waals surface area contributed by atoms with Crippen LogP contribution in [0.1, 0.15) is 13.0 Å². The Hall–Kier alpha value is -2.85. The summed E-state index contributed by atoms with van der Waals surface area (Å²) >= 11 is 0. The normalized spacial score (nSPS) is 12.9. The molecule has 0 saturated heterocycles. The highest BCUT2D eigenvalue weighted by atomic mass is 19.3. The number of nitrogens with zero attached hydrogens (tertiary/aromatic N) is 3. The maximum Gasteiger partial charge on any atom is 0.351 e. The van der Waals surface area contributed by atoms with Crippen LogP contribution < -0.4 is 10.4 Å². The van der Waals surface area contributed by atoms with Crippen molar-refractivity contribution in [2.24, 2.45) is 0 Å². The first-order valence-electron chi connectivity index (χ1n) is 7.30. The monoisotopic (exact) mass is 377 g/mol. The molecule has 7 nitrogen and oxygen atoms in total. The minimum Gasteiger partial charge on any atom is -0.487 e. The molecule has 0 spiro atoms. The quantitative estimate of drug-likeness (QED) is 0.545. The van der Waals surface area contributed by atoms with Crippen LogP contribution in [0.3, 0.4) is 0 Å². The molecule has 2 rings (SSSR count). The molecule has 0 aliphatic heterocycles. The minimum atomic E-state index is -4.26. The number of esters is 1. The largest absolute Gasteiger partial charge is 0.487 e. The van der Waals surface area contributed by atoms with Gasteiger partial charge in [0.05, 0.1) is 12.8 Å². The van der Waals surface area contributed by atoms with Crippen LogP contribution in [0.15, 0.2) is 35.4 Å². The van der Waals surface area contributed by atoms with Gasteiger partial charge in [-0.05, 0) is 31.2 Å². The van der Waals surface area contributed by atoms with Crippen molar-refractivity contribution in [1.29, 1.82) is 0 Å². The van der Waals surface area contributed by atoms with Gasteiger partial charge >= 0.3 is 24.0 Å². The van der Waals surface area contributed by atoms with E-state index >= 15 is 0 Å². The second-order valence-electron chi connectivity index (χ2n) is 5.27. The van der Waals surface area contributed by atoms with Crippen molar-refractivity contribution in [1.82, 2.24) is 14.3 Å². The molecule has 0 amide bonds. The van der Waals surface area contributed by atoms with Gasteiger partial charge in [-0.1, -0.05) is 0 Å². The van der Waals surface area contributed by atoms with Crippen LogP contribution in [0.2, 0.25) is 0 Å². The third-order valence-corrected chi connectivity index (χ3v) is 3.47. The number of alkyl halides is 4. The number of aromatic nitrogens is 3. The zero-order valence-electron chi connectivity index (χ0n) is 13.7. The van der Waals surface area contributed by atoms with Gasteiger partial charge in [-0.2, -0.15) is 18.6 Å². The summed E-state index contributed by atoms with van der Waals surface area (Å²) in [6.45, 7) is -0.0385. The summed E-state index contributed by atoms with van der Waals surface area (Å²) < 4.78 is 61.0. The van der Waals surface area contributed by atoms with Crippen LogP contribution in [-0.2, 0) is 9.53 Å². The van der Waals surface area contributed by atoms with Crippen LogP contribution in [0, 0.1) is 0 Å². The second-order valence-corrected chi connectivity index (χ2v) is 5.27. The van der Waals surface area contributed by atoms with Crippen molar-refractivity contribution in [3.63, 3.8) is 0 Å². The van der Waals surface area contributed by atoms with Crippen molar-refractivity contribution in [2.45, 2.75) is 25.3 Å². The van der Waals surface area contributed by atoms with Gasteiger partial charge < -0.3 is 9.47 Å². The molecule has 2 aromatic rings. The lowest BCUT2D eigenvalue weighted by Gasteiger charge is -2.16. The van der Waals surface area contributed by atoms with E-state index in [9.17, 15) is 27.2 Å². The lowest BCUT2D eigenvalue weighted by molar-refractivity contribution is -0.148. The van der Waals surface area contributed by atoms with Gasteiger partial charge in [-0.3, -0.25) is 0 Å². The molecule has 1 aromatic carbocycles. The Balaban J connectivity index is 2.15. The Morgan fingerprint density at radius 1 is 1.27 bits per heavy atom. The first kappa shape index (κ1) is 19.5. The highest BCUT2D eigenvalue weighted by molar-refractivity contribution is 5.73. The van der Waals surface area contributed by atoms with E-state index in [4.69, 9.17) is 0 Å². The summed E-state index contributed by atoms with van der Waals surface area (Å²) in [6, 6.07) is 4.25. The molecule has 0 N–H and O–H groups in total. The standard InChI is InChI=1S/C15H15F4N3O4/c1-9(12(23)25-2)22-14(24)21(8-20-22)10-3-5-11(6-4-10)26-7-15(18,19)13(16)17/h3-6,8-9,13H,7H2,1-2H3/t9-/m1/s1. The number of ether oxygens (including phenoxy) is 2. The van der Waals surface area contributed by atoms with Gasteiger partial charge in [0.25, 0.3) is 0 Å². The molecule has 1 aromatic heterocycles. The average Bonchev–Trinajstić information content (AvgIpc) is 3.00. The van der Waals surface area contributed by atoms with E-state index < -0.39 is 36.7 Å². The fraction of sp³-hybridized carbons (Fsp3) is 0.400. The maximum atomic E-state index is 12.8. The number of hydrogen-bond donors (Lipinski definition) is 0. The van der Waals surface area contributed by atoms with E-state index in [1.54, 1.807) is 0 Å². The molecule has 0 radical (unpaired) electrons. The number of carbonyl (C=O) groups is 1. The zero-order chi connectivity index (χ0) is 19.5. The lowest BCUT2D eigenvalue weighted by Crippen LogP contribution is -2.33. The number of rotatable bonds is 7. The molecule has 1 heterocycles. The third-order valence-electron chi connectivity index (χ3n) is 3.47. The van der Waals surface area contributed by atoms with Crippen LogP contribution >= 0.6 is 0 Å². The molecular formula is C15H15F4N3O4.